The standard InChI is InChI=1S/C16H22N2S/c1-4-17-16(12-15-6-5-11-19-15)13-7-9-14(10-8-13)18(2)3/h5-11,16-17H,4,12H2,1-3H3. The van der Waals surface area contributed by atoms with E-state index in [4.69, 9.17) is 0 Å². The zero-order valence-electron chi connectivity index (χ0n) is 11.9. The van der Waals surface area contributed by atoms with Crippen molar-refractivity contribution in [1.29, 1.82) is 0 Å². The lowest BCUT2D eigenvalue weighted by Gasteiger charge is -2.19. The Balaban J connectivity index is 2.13. The predicted molar refractivity (Wildman–Crippen MR) is 85.2 cm³/mol. The van der Waals surface area contributed by atoms with Crippen molar-refractivity contribution in [3.05, 3.63) is 52.2 Å². The van der Waals surface area contributed by atoms with Gasteiger partial charge in [0.2, 0.25) is 0 Å². The summed E-state index contributed by atoms with van der Waals surface area (Å²) in [5.74, 6) is 0. The summed E-state index contributed by atoms with van der Waals surface area (Å²) in [4.78, 5) is 3.56. The van der Waals surface area contributed by atoms with E-state index in [1.54, 1.807) is 0 Å². The molecule has 3 heteroatoms. The predicted octanol–water partition coefficient (Wildman–Crippen LogP) is 3.71. The zero-order chi connectivity index (χ0) is 13.7. The van der Waals surface area contributed by atoms with Crippen LogP contribution in [-0.2, 0) is 6.42 Å². The number of nitrogens with zero attached hydrogens (tertiary/aromatic N) is 1. The van der Waals surface area contributed by atoms with Gasteiger partial charge in [0, 0.05) is 37.1 Å². The van der Waals surface area contributed by atoms with Crippen molar-refractivity contribution in [2.24, 2.45) is 0 Å². The van der Waals surface area contributed by atoms with Gasteiger partial charge in [0.1, 0.15) is 0 Å². The Morgan fingerprint density at radius 2 is 1.89 bits per heavy atom. The molecule has 1 N–H and O–H groups in total. The van der Waals surface area contributed by atoms with Gasteiger partial charge in [-0.15, -0.1) is 11.3 Å². The molecule has 0 radical (unpaired) electrons. The second kappa shape index (κ2) is 6.73. The summed E-state index contributed by atoms with van der Waals surface area (Å²) in [5, 5.41) is 5.73. The minimum Gasteiger partial charge on any atom is -0.378 e. The second-order valence-electron chi connectivity index (χ2n) is 4.88. The first-order chi connectivity index (χ1) is 9.20. The van der Waals surface area contributed by atoms with E-state index in [0.717, 1.165) is 13.0 Å². The molecule has 0 amide bonds. The summed E-state index contributed by atoms with van der Waals surface area (Å²) in [6, 6.07) is 13.6. The number of likely N-dealkylation sites (N-methyl/N-ethyl adjacent to an activating group) is 1. The van der Waals surface area contributed by atoms with Gasteiger partial charge >= 0.3 is 0 Å². The lowest BCUT2D eigenvalue weighted by atomic mass is 10.0. The minimum atomic E-state index is 0.403. The quantitative estimate of drug-likeness (QED) is 0.864. The van der Waals surface area contributed by atoms with E-state index in [0.29, 0.717) is 6.04 Å². The summed E-state index contributed by atoms with van der Waals surface area (Å²) in [6.45, 7) is 3.15. The second-order valence-corrected chi connectivity index (χ2v) is 5.91. The van der Waals surface area contributed by atoms with Crippen molar-refractivity contribution >= 4 is 17.0 Å². The molecule has 1 atom stereocenters. The van der Waals surface area contributed by atoms with Crippen molar-refractivity contribution in [2.45, 2.75) is 19.4 Å². The minimum absolute atomic E-state index is 0.403. The van der Waals surface area contributed by atoms with Gasteiger partial charge in [0.25, 0.3) is 0 Å². The molecule has 1 aromatic heterocycles. The van der Waals surface area contributed by atoms with Gasteiger partial charge in [-0.1, -0.05) is 25.1 Å². The van der Waals surface area contributed by atoms with Gasteiger partial charge in [0.15, 0.2) is 0 Å². The lowest BCUT2D eigenvalue weighted by molar-refractivity contribution is 0.553. The largest absolute Gasteiger partial charge is 0.378 e. The highest BCUT2D eigenvalue weighted by Crippen LogP contribution is 2.23. The molecule has 0 bridgehead atoms. The number of hydrogen-bond donors (Lipinski definition) is 1. The van der Waals surface area contributed by atoms with Crippen LogP contribution in [0, 0.1) is 0 Å². The van der Waals surface area contributed by atoms with Crippen molar-refractivity contribution in [3.8, 4) is 0 Å². The Bertz CT molecular complexity index is 474. The topological polar surface area (TPSA) is 15.3 Å². The Morgan fingerprint density at radius 3 is 2.42 bits per heavy atom. The highest BCUT2D eigenvalue weighted by molar-refractivity contribution is 7.09. The summed E-state index contributed by atoms with van der Waals surface area (Å²) in [6.07, 6.45) is 1.06. The molecule has 0 saturated carbocycles. The van der Waals surface area contributed by atoms with Crippen LogP contribution in [0.4, 0.5) is 5.69 Å². The highest BCUT2D eigenvalue weighted by Gasteiger charge is 2.11. The normalized spacial score (nSPS) is 12.4. The van der Waals surface area contributed by atoms with Crippen molar-refractivity contribution in [2.75, 3.05) is 25.5 Å². The van der Waals surface area contributed by atoms with E-state index in [2.05, 4.69) is 73.0 Å². The van der Waals surface area contributed by atoms with Crippen LogP contribution in [0.15, 0.2) is 41.8 Å². The first-order valence-electron chi connectivity index (χ1n) is 6.73. The third-order valence-electron chi connectivity index (χ3n) is 3.25. The van der Waals surface area contributed by atoms with Gasteiger partial charge in [-0.05, 0) is 35.7 Å². The number of thiophene rings is 1. The molecule has 1 unspecified atom stereocenters. The molecule has 0 aliphatic carbocycles. The highest BCUT2D eigenvalue weighted by atomic mass is 32.1. The first-order valence-corrected chi connectivity index (χ1v) is 7.61. The summed E-state index contributed by atoms with van der Waals surface area (Å²) < 4.78 is 0. The Morgan fingerprint density at radius 1 is 1.16 bits per heavy atom. The van der Waals surface area contributed by atoms with Crippen LogP contribution < -0.4 is 10.2 Å². The van der Waals surface area contributed by atoms with Crippen LogP contribution >= 0.6 is 11.3 Å². The third kappa shape index (κ3) is 3.82. The molecule has 1 heterocycles. The number of benzene rings is 1. The Hall–Kier alpha value is -1.32. The molecule has 0 aliphatic rings. The molecule has 2 nitrogen and oxygen atoms in total. The van der Waals surface area contributed by atoms with Crippen LogP contribution in [0.2, 0.25) is 0 Å². The molecule has 2 aromatic rings. The maximum Gasteiger partial charge on any atom is 0.0368 e. The van der Waals surface area contributed by atoms with Crippen molar-refractivity contribution in [1.82, 2.24) is 5.32 Å². The molecular formula is C16H22N2S. The molecule has 0 fully saturated rings. The zero-order valence-corrected chi connectivity index (χ0v) is 12.7. The van der Waals surface area contributed by atoms with Gasteiger partial charge in [-0.25, -0.2) is 0 Å². The van der Waals surface area contributed by atoms with Gasteiger partial charge in [-0.2, -0.15) is 0 Å². The van der Waals surface area contributed by atoms with E-state index >= 15 is 0 Å². The molecule has 0 aliphatic heterocycles. The molecule has 1 aromatic carbocycles. The number of anilines is 1. The summed E-state index contributed by atoms with van der Waals surface area (Å²) in [7, 11) is 4.14. The van der Waals surface area contributed by atoms with Crippen molar-refractivity contribution < 1.29 is 0 Å². The smallest absolute Gasteiger partial charge is 0.0368 e. The lowest BCUT2D eigenvalue weighted by Crippen LogP contribution is -2.22. The Labute approximate surface area is 120 Å². The number of nitrogens with one attached hydrogen (secondary N) is 1. The average Bonchev–Trinajstić information content (AvgIpc) is 2.91. The van der Waals surface area contributed by atoms with E-state index in [9.17, 15) is 0 Å². The average molecular weight is 274 g/mol. The van der Waals surface area contributed by atoms with Crippen LogP contribution in [-0.4, -0.2) is 20.6 Å². The van der Waals surface area contributed by atoms with Gasteiger partial charge in [-0.3, -0.25) is 0 Å². The van der Waals surface area contributed by atoms with Crippen molar-refractivity contribution in [3.63, 3.8) is 0 Å². The van der Waals surface area contributed by atoms with Crippen LogP contribution in [0.1, 0.15) is 23.4 Å². The van der Waals surface area contributed by atoms with Gasteiger partial charge in [0.05, 0.1) is 0 Å². The molecule has 2 rings (SSSR count). The molecule has 102 valence electrons. The van der Waals surface area contributed by atoms with Crippen LogP contribution in [0.3, 0.4) is 0 Å². The summed E-state index contributed by atoms with van der Waals surface area (Å²) >= 11 is 1.83. The monoisotopic (exact) mass is 274 g/mol. The molecular weight excluding hydrogens is 252 g/mol. The SMILES string of the molecule is CCNC(Cc1cccs1)c1ccc(N(C)C)cc1. The van der Waals surface area contributed by atoms with E-state index in [1.165, 1.54) is 16.1 Å². The van der Waals surface area contributed by atoms with E-state index < -0.39 is 0 Å². The Kier molecular flexibility index (Phi) is 5.00. The van der Waals surface area contributed by atoms with E-state index in [1.807, 2.05) is 11.3 Å². The van der Waals surface area contributed by atoms with E-state index in [-0.39, 0.29) is 0 Å². The maximum absolute atomic E-state index is 3.58. The number of rotatable bonds is 6. The maximum atomic E-state index is 3.58. The third-order valence-corrected chi connectivity index (χ3v) is 4.15. The fourth-order valence-electron chi connectivity index (χ4n) is 2.19. The summed E-state index contributed by atoms with van der Waals surface area (Å²) in [5.41, 5.74) is 2.61. The molecule has 0 saturated heterocycles. The van der Waals surface area contributed by atoms with Crippen LogP contribution in [0.25, 0.3) is 0 Å². The fraction of sp³-hybridized carbons (Fsp3) is 0.375. The number of hydrogen-bond acceptors (Lipinski definition) is 3. The molecule has 19 heavy (non-hydrogen) atoms. The molecule has 0 spiro atoms. The fourth-order valence-corrected chi connectivity index (χ4v) is 2.94. The first kappa shape index (κ1) is 14.1. The van der Waals surface area contributed by atoms with Gasteiger partial charge < -0.3 is 10.2 Å². The van der Waals surface area contributed by atoms with Crippen LogP contribution in [0.5, 0.6) is 0 Å².